The first-order chi connectivity index (χ1) is 11.5. The Kier molecular flexibility index (Phi) is 5.05. The van der Waals surface area contributed by atoms with Gasteiger partial charge in [0.1, 0.15) is 5.84 Å². The molecule has 1 saturated heterocycles. The van der Waals surface area contributed by atoms with Crippen molar-refractivity contribution in [3.05, 3.63) is 23.9 Å². The Morgan fingerprint density at radius 3 is 2.83 bits per heavy atom. The summed E-state index contributed by atoms with van der Waals surface area (Å²) in [6, 6.07) is 0.268. The topological polar surface area (TPSA) is 82.1 Å². The van der Waals surface area contributed by atoms with E-state index in [2.05, 4.69) is 16.6 Å². The fourth-order valence-corrected chi connectivity index (χ4v) is 4.27. The first-order valence-corrected chi connectivity index (χ1v) is 10.1. The van der Waals surface area contributed by atoms with E-state index >= 15 is 0 Å². The molecule has 0 saturated carbocycles. The number of nitrogens with one attached hydrogen (secondary N) is 1. The monoisotopic (exact) mass is 352 g/mol. The van der Waals surface area contributed by atoms with Crippen molar-refractivity contribution in [2.75, 3.05) is 31.9 Å². The zero-order valence-corrected chi connectivity index (χ0v) is 14.8. The maximum Gasteiger partial charge on any atom is 0.256 e. The van der Waals surface area contributed by atoms with E-state index in [9.17, 15) is 13.2 Å². The predicted octanol–water partition coefficient (Wildman–Crippen LogP) is 0.475. The fourth-order valence-electron chi connectivity index (χ4n) is 3.30. The van der Waals surface area contributed by atoms with Gasteiger partial charge in [0.25, 0.3) is 15.9 Å². The van der Waals surface area contributed by atoms with Crippen molar-refractivity contribution in [2.45, 2.75) is 32.2 Å². The van der Waals surface area contributed by atoms with Gasteiger partial charge in [-0.3, -0.25) is 4.79 Å². The number of fused-ring (bicyclic) bond motifs is 1. The maximum atomic E-state index is 13.0. The van der Waals surface area contributed by atoms with Crippen LogP contribution in [0.1, 0.15) is 26.2 Å². The number of hydrogen-bond donors (Lipinski definition) is 1. The van der Waals surface area contributed by atoms with Gasteiger partial charge in [0.15, 0.2) is 0 Å². The Hall–Kier alpha value is -1.67. The number of rotatable bonds is 4. The Morgan fingerprint density at radius 2 is 2.12 bits per heavy atom. The highest BCUT2D eigenvalue weighted by Crippen LogP contribution is 2.20. The van der Waals surface area contributed by atoms with Crippen molar-refractivity contribution in [1.82, 2.24) is 15.1 Å². The minimum atomic E-state index is -3.37. The molecule has 3 heterocycles. The highest BCUT2D eigenvalue weighted by atomic mass is 32.2. The molecule has 0 aromatic heterocycles. The largest absolute Gasteiger partial charge is 0.336 e. The smallest absolute Gasteiger partial charge is 0.256 e. The third-order valence-corrected chi connectivity index (χ3v) is 5.71. The van der Waals surface area contributed by atoms with Crippen molar-refractivity contribution < 1.29 is 13.2 Å². The number of piperidine rings is 1. The molecular formula is C16H24N4O3S. The molecule has 0 aromatic rings. The van der Waals surface area contributed by atoms with Gasteiger partial charge in [-0.05, 0) is 44.5 Å². The summed E-state index contributed by atoms with van der Waals surface area (Å²) in [5.74, 6) is 0.393. The summed E-state index contributed by atoms with van der Waals surface area (Å²) >= 11 is 0. The van der Waals surface area contributed by atoms with E-state index in [1.54, 1.807) is 23.3 Å². The van der Waals surface area contributed by atoms with Crippen molar-refractivity contribution in [2.24, 2.45) is 4.40 Å². The molecule has 0 aliphatic carbocycles. The molecule has 0 bridgehead atoms. The third kappa shape index (κ3) is 3.70. The lowest BCUT2D eigenvalue weighted by Gasteiger charge is -2.36. The summed E-state index contributed by atoms with van der Waals surface area (Å²) in [4.78, 5) is 16.7. The van der Waals surface area contributed by atoms with E-state index in [-0.39, 0.29) is 17.7 Å². The van der Waals surface area contributed by atoms with Gasteiger partial charge in [-0.1, -0.05) is 6.92 Å². The Labute approximate surface area is 143 Å². The van der Waals surface area contributed by atoms with E-state index in [0.29, 0.717) is 18.0 Å². The van der Waals surface area contributed by atoms with Gasteiger partial charge in [0.2, 0.25) is 0 Å². The average Bonchev–Trinajstić information content (AvgIpc) is 2.58. The van der Waals surface area contributed by atoms with Gasteiger partial charge in [-0.25, -0.2) is 8.42 Å². The maximum absolute atomic E-state index is 13.0. The minimum absolute atomic E-state index is 0.0186. The number of hydrogen-bond acceptors (Lipinski definition) is 5. The van der Waals surface area contributed by atoms with E-state index in [4.69, 9.17) is 0 Å². The van der Waals surface area contributed by atoms with Crippen LogP contribution in [-0.4, -0.2) is 67.9 Å². The van der Waals surface area contributed by atoms with Crippen LogP contribution >= 0.6 is 0 Å². The van der Waals surface area contributed by atoms with Crippen LogP contribution in [-0.2, 0) is 14.8 Å². The van der Waals surface area contributed by atoms with Crippen molar-refractivity contribution >= 4 is 21.8 Å². The quantitative estimate of drug-likeness (QED) is 0.796. The second kappa shape index (κ2) is 7.06. The summed E-state index contributed by atoms with van der Waals surface area (Å²) in [5.41, 5.74) is 0.597. The molecule has 0 aromatic carbocycles. The fraction of sp³-hybridized carbons (Fsp3) is 0.625. The molecule has 1 amide bonds. The van der Waals surface area contributed by atoms with Gasteiger partial charge in [0.05, 0.1) is 11.3 Å². The summed E-state index contributed by atoms with van der Waals surface area (Å²) in [6.45, 7) is 5.03. The number of sulfonamides is 1. The highest BCUT2D eigenvalue weighted by Gasteiger charge is 2.29. The molecule has 3 aliphatic heterocycles. The van der Waals surface area contributed by atoms with E-state index in [1.807, 2.05) is 4.90 Å². The normalized spacial score (nSPS) is 23.3. The molecule has 8 heteroatoms. The zero-order chi connectivity index (χ0) is 17.2. The molecule has 3 aliphatic rings. The Bertz CT molecular complexity index is 690. The lowest BCUT2D eigenvalue weighted by molar-refractivity contribution is -0.129. The average molecular weight is 352 g/mol. The van der Waals surface area contributed by atoms with Gasteiger partial charge in [-0.2, -0.15) is 0 Å². The standard InChI is InChI=1S/C16H24N4O3S/c1-2-9-20(14-5-7-17-8-6-14)16(21)13-3-4-15-18-24(22,23)11-10-19(15)12-13/h3-4,12,14,17H,2,5-11H2,1H3. The Balaban J connectivity index is 1.79. The van der Waals surface area contributed by atoms with Crippen LogP contribution in [0.3, 0.4) is 0 Å². The summed E-state index contributed by atoms with van der Waals surface area (Å²) in [5, 5.41) is 3.33. The SMILES string of the molecule is CCCN(C(=O)C1=CN2CCS(=O)(=O)N=C2C=C1)C1CCNCC1. The summed E-state index contributed by atoms with van der Waals surface area (Å²) in [7, 11) is -3.37. The van der Waals surface area contributed by atoms with Gasteiger partial charge >= 0.3 is 0 Å². The molecule has 1 fully saturated rings. The molecule has 0 spiro atoms. The second-order valence-electron chi connectivity index (χ2n) is 6.33. The molecule has 0 unspecified atom stereocenters. The van der Waals surface area contributed by atoms with E-state index in [0.717, 1.165) is 38.9 Å². The van der Waals surface area contributed by atoms with E-state index < -0.39 is 10.0 Å². The first-order valence-electron chi connectivity index (χ1n) is 8.51. The summed E-state index contributed by atoms with van der Waals surface area (Å²) < 4.78 is 26.9. The molecular weight excluding hydrogens is 328 g/mol. The van der Waals surface area contributed by atoms with Gasteiger partial charge in [-0.15, -0.1) is 4.40 Å². The number of carbonyl (C=O) groups excluding carboxylic acids is 1. The molecule has 1 N–H and O–H groups in total. The molecule has 7 nitrogen and oxygen atoms in total. The van der Waals surface area contributed by atoms with Gasteiger partial charge < -0.3 is 15.1 Å². The Morgan fingerprint density at radius 1 is 1.38 bits per heavy atom. The minimum Gasteiger partial charge on any atom is -0.336 e. The second-order valence-corrected chi connectivity index (χ2v) is 8.08. The van der Waals surface area contributed by atoms with Crippen LogP contribution in [0.5, 0.6) is 0 Å². The van der Waals surface area contributed by atoms with Gasteiger partial charge in [0, 0.05) is 25.3 Å². The molecule has 0 atom stereocenters. The molecule has 0 radical (unpaired) electrons. The summed E-state index contributed by atoms with van der Waals surface area (Å²) in [6.07, 6.45) is 7.90. The van der Waals surface area contributed by atoms with Crippen LogP contribution in [0.2, 0.25) is 0 Å². The van der Waals surface area contributed by atoms with Crippen molar-refractivity contribution in [1.29, 1.82) is 0 Å². The molecule has 24 heavy (non-hydrogen) atoms. The van der Waals surface area contributed by atoms with Crippen molar-refractivity contribution in [3.8, 4) is 0 Å². The zero-order valence-electron chi connectivity index (χ0n) is 13.9. The van der Waals surface area contributed by atoms with Crippen molar-refractivity contribution in [3.63, 3.8) is 0 Å². The van der Waals surface area contributed by atoms with Crippen LogP contribution in [0.25, 0.3) is 0 Å². The van der Waals surface area contributed by atoms with Crippen LogP contribution in [0.4, 0.5) is 0 Å². The third-order valence-electron chi connectivity index (χ3n) is 4.55. The number of carbonyl (C=O) groups is 1. The van der Waals surface area contributed by atoms with Crippen LogP contribution in [0.15, 0.2) is 28.3 Å². The predicted molar refractivity (Wildman–Crippen MR) is 93.0 cm³/mol. The lowest BCUT2D eigenvalue weighted by Crippen LogP contribution is -2.47. The number of nitrogens with zero attached hydrogens (tertiary/aromatic N) is 3. The van der Waals surface area contributed by atoms with E-state index in [1.165, 1.54) is 0 Å². The number of amides is 1. The highest BCUT2D eigenvalue weighted by molar-refractivity contribution is 7.90. The molecule has 3 rings (SSSR count). The van der Waals surface area contributed by atoms with Crippen LogP contribution in [0, 0.1) is 0 Å². The first kappa shape index (κ1) is 17.2. The van der Waals surface area contributed by atoms with Crippen LogP contribution < -0.4 is 5.32 Å². The number of amidine groups is 1. The lowest BCUT2D eigenvalue weighted by atomic mass is 10.0. The molecule has 132 valence electrons.